The quantitative estimate of drug-likeness (QED) is 0.738. The number of benzene rings is 1. The third kappa shape index (κ3) is 4.08. The molecular formula is C12H16N4O2S. The molecule has 0 atom stereocenters. The molecule has 0 unspecified atom stereocenters. The smallest absolute Gasteiger partial charge is 0.237 e. The van der Waals surface area contributed by atoms with Crippen LogP contribution in [0.4, 0.5) is 5.69 Å². The Morgan fingerprint density at radius 2 is 1.89 bits per heavy atom. The lowest BCUT2D eigenvalue weighted by Gasteiger charge is -2.07. The van der Waals surface area contributed by atoms with E-state index in [0.717, 1.165) is 17.7 Å². The van der Waals surface area contributed by atoms with Crippen molar-refractivity contribution in [2.45, 2.75) is 12.3 Å². The van der Waals surface area contributed by atoms with Crippen molar-refractivity contribution in [3.63, 3.8) is 0 Å². The van der Waals surface area contributed by atoms with E-state index in [4.69, 9.17) is 0 Å². The number of aromatic nitrogens is 2. The van der Waals surface area contributed by atoms with Crippen molar-refractivity contribution in [3.8, 4) is 0 Å². The van der Waals surface area contributed by atoms with Gasteiger partial charge in [-0.1, -0.05) is 24.3 Å². The second-order valence-corrected chi connectivity index (χ2v) is 5.92. The average Bonchev–Trinajstić information content (AvgIpc) is 2.83. The van der Waals surface area contributed by atoms with E-state index in [9.17, 15) is 8.42 Å². The Morgan fingerprint density at radius 1 is 1.21 bits per heavy atom. The summed E-state index contributed by atoms with van der Waals surface area (Å²) in [6.07, 6.45) is 2.92. The van der Waals surface area contributed by atoms with Crippen molar-refractivity contribution < 1.29 is 8.42 Å². The van der Waals surface area contributed by atoms with Crippen LogP contribution in [0.1, 0.15) is 11.1 Å². The molecule has 0 aliphatic heterocycles. The average molecular weight is 280 g/mol. The second kappa shape index (κ2) is 5.85. The fourth-order valence-electron chi connectivity index (χ4n) is 1.70. The van der Waals surface area contributed by atoms with E-state index in [2.05, 4.69) is 20.2 Å². The molecule has 1 heterocycles. The minimum atomic E-state index is -3.41. The van der Waals surface area contributed by atoms with Crippen LogP contribution in [0.15, 0.2) is 36.7 Å². The maximum atomic E-state index is 11.9. The van der Waals surface area contributed by atoms with E-state index < -0.39 is 10.0 Å². The maximum absolute atomic E-state index is 11.9. The van der Waals surface area contributed by atoms with Crippen molar-refractivity contribution in [1.82, 2.24) is 15.5 Å². The van der Waals surface area contributed by atoms with Crippen LogP contribution in [-0.4, -0.2) is 25.7 Å². The first kappa shape index (κ1) is 13.6. The number of nitrogens with one attached hydrogen (secondary N) is 3. The van der Waals surface area contributed by atoms with E-state index in [1.54, 1.807) is 0 Å². The van der Waals surface area contributed by atoms with Crippen LogP contribution < -0.4 is 10.0 Å². The SMILES string of the molecule is CNCc1ccc(CS(=O)(=O)Nc2cn[nH]c2)cc1. The molecule has 0 radical (unpaired) electrons. The lowest BCUT2D eigenvalue weighted by Crippen LogP contribution is -2.14. The topological polar surface area (TPSA) is 86.9 Å². The van der Waals surface area contributed by atoms with Gasteiger partial charge in [-0.05, 0) is 18.2 Å². The molecule has 0 bridgehead atoms. The summed E-state index contributed by atoms with van der Waals surface area (Å²) in [6.45, 7) is 0.764. The van der Waals surface area contributed by atoms with Gasteiger partial charge in [0, 0.05) is 12.7 Å². The summed E-state index contributed by atoms with van der Waals surface area (Å²) >= 11 is 0. The van der Waals surface area contributed by atoms with Gasteiger partial charge in [0.2, 0.25) is 10.0 Å². The van der Waals surface area contributed by atoms with Gasteiger partial charge >= 0.3 is 0 Å². The van der Waals surface area contributed by atoms with Gasteiger partial charge in [-0.2, -0.15) is 5.10 Å². The molecule has 0 aliphatic carbocycles. The third-order valence-electron chi connectivity index (χ3n) is 2.53. The lowest BCUT2D eigenvalue weighted by atomic mass is 10.1. The molecular weight excluding hydrogens is 264 g/mol. The highest BCUT2D eigenvalue weighted by molar-refractivity contribution is 7.91. The maximum Gasteiger partial charge on any atom is 0.237 e. The molecule has 3 N–H and O–H groups in total. The van der Waals surface area contributed by atoms with Gasteiger partial charge in [0.15, 0.2) is 0 Å². The van der Waals surface area contributed by atoms with Gasteiger partial charge in [0.05, 0.1) is 17.6 Å². The summed E-state index contributed by atoms with van der Waals surface area (Å²) in [7, 11) is -1.54. The predicted octanol–water partition coefficient (Wildman–Crippen LogP) is 1.07. The van der Waals surface area contributed by atoms with Crippen molar-refractivity contribution in [2.24, 2.45) is 0 Å². The monoisotopic (exact) mass is 280 g/mol. The van der Waals surface area contributed by atoms with E-state index in [0.29, 0.717) is 5.69 Å². The zero-order valence-corrected chi connectivity index (χ0v) is 11.4. The van der Waals surface area contributed by atoms with Crippen LogP contribution >= 0.6 is 0 Å². The Balaban J connectivity index is 2.03. The standard InChI is InChI=1S/C12H16N4O2S/c1-13-6-10-2-4-11(5-3-10)9-19(17,18)16-12-7-14-15-8-12/h2-5,7-8,13,16H,6,9H2,1H3,(H,14,15). The zero-order chi connectivity index (χ0) is 13.7. The molecule has 2 aromatic rings. The van der Waals surface area contributed by atoms with E-state index >= 15 is 0 Å². The van der Waals surface area contributed by atoms with Crippen LogP contribution in [0.5, 0.6) is 0 Å². The number of aromatic amines is 1. The highest BCUT2D eigenvalue weighted by Crippen LogP contribution is 2.11. The molecule has 0 fully saturated rings. The van der Waals surface area contributed by atoms with Crippen molar-refractivity contribution >= 4 is 15.7 Å². The van der Waals surface area contributed by atoms with Crippen molar-refractivity contribution in [1.29, 1.82) is 0 Å². The number of H-pyrrole nitrogens is 1. The number of nitrogens with zero attached hydrogens (tertiary/aromatic N) is 1. The number of rotatable bonds is 6. The van der Waals surface area contributed by atoms with Gasteiger partial charge in [-0.25, -0.2) is 8.42 Å². The molecule has 19 heavy (non-hydrogen) atoms. The minimum absolute atomic E-state index is 0.0575. The van der Waals surface area contributed by atoms with Crippen molar-refractivity contribution in [2.75, 3.05) is 11.8 Å². The Hall–Kier alpha value is -1.86. The van der Waals surface area contributed by atoms with Gasteiger partial charge in [-0.3, -0.25) is 9.82 Å². The molecule has 1 aromatic carbocycles. The molecule has 0 amide bonds. The fourth-order valence-corrected chi connectivity index (χ4v) is 2.87. The van der Waals surface area contributed by atoms with Gasteiger partial charge in [-0.15, -0.1) is 0 Å². The third-order valence-corrected chi connectivity index (χ3v) is 3.79. The predicted molar refractivity (Wildman–Crippen MR) is 74.0 cm³/mol. The molecule has 102 valence electrons. The summed E-state index contributed by atoms with van der Waals surface area (Å²) in [5.41, 5.74) is 2.30. The Bertz CT molecular complexity index is 606. The zero-order valence-electron chi connectivity index (χ0n) is 10.6. The molecule has 0 aliphatic rings. The number of hydrogen-bond donors (Lipinski definition) is 3. The summed E-state index contributed by atoms with van der Waals surface area (Å²) in [4.78, 5) is 0. The van der Waals surface area contributed by atoms with Crippen LogP contribution in [0.2, 0.25) is 0 Å². The van der Waals surface area contributed by atoms with Gasteiger partial charge < -0.3 is 5.32 Å². The highest BCUT2D eigenvalue weighted by atomic mass is 32.2. The normalized spacial score (nSPS) is 11.4. The molecule has 1 aromatic heterocycles. The minimum Gasteiger partial charge on any atom is -0.316 e. The Morgan fingerprint density at radius 3 is 2.47 bits per heavy atom. The molecule has 0 saturated carbocycles. The van der Waals surface area contributed by atoms with E-state index in [1.807, 2.05) is 31.3 Å². The van der Waals surface area contributed by atoms with Gasteiger partial charge in [0.1, 0.15) is 0 Å². The molecule has 0 spiro atoms. The number of sulfonamides is 1. The number of anilines is 1. The van der Waals surface area contributed by atoms with E-state index in [1.165, 1.54) is 12.4 Å². The Kier molecular flexibility index (Phi) is 4.18. The van der Waals surface area contributed by atoms with Crippen LogP contribution in [0.3, 0.4) is 0 Å². The number of hydrogen-bond acceptors (Lipinski definition) is 4. The summed E-state index contributed by atoms with van der Waals surface area (Å²) in [5, 5.41) is 9.28. The highest BCUT2D eigenvalue weighted by Gasteiger charge is 2.12. The lowest BCUT2D eigenvalue weighted by molar-refractivity contribution is 0.600. The van der Waals surface area contributed by atoms with Crippen LogP contribution in [-0.2, 0) is 22.3 Å². The summed E-state index contributed by atoms with van der Waals surface area (Å²) in [5.74, 6) is -0.0575. The van der Waals surface area contributed by atoms with E-state index in [-0.39, 0.29) is 5.75 Å². The Labute approximate surface area is 112 Å². The molecule has 6 nitrogen and oxygen atoms in total. The van der Waals surface area contributed by atoms with Crippen molar-refractivity contribution in [3.05, 3.63) is 47.8 Å². The summed E-state index contributed by atoms with van der Waals surface area (Å²) in [6, 6.07) is 7.47. The van der Waals surface area contributed by atoms with Crippen LogP contribution in [0.25, 0.3) is 0 Å². The van der Waals surface area contributed by atoms with Crippen LogP contribution in [0, 0.1) is 0 Å². The molecule has 0 saturated heterocycles. The second-order valence-electron chi connectivity index (χ2n) is 4.19. The first-order valence-electron chi connectivity index (χ1n) is 5.81. The largest absolute Gasteiger partial charge is 0.316 e. The first-order valence-corrected chi connectivity index (χ1v) is 7.46. The van der Waals surface area contributed by atoms with Gasteiger partial charge in [0.25, 0.3) is 0 Å². The summed E-state index contributed by atoms with van der Waals surface area (Å²) < 4.78 is 26.3. The first-order chi connectivity index (χ1) is 9.09. The molecule has 7 heteroatoms. The fraction of sp³-hybridized carbons (Fsp3) is 0.250. The molecule has 2 rings (SSSR count).